The van der Waals surface area contributed by atoms with Crippen molar-refractivity contribution >= 4 is 11.3 Å². The van der Waals surface area contributed by atoms with Crippen LogP contribution in [-0.4, -0.2) is 11.5 Å². The van der Waals surface area contributed by atoms with Gasteiger partial charge < -0.3 is 11.1 Å². The number of aryl methyl sites for hydroxylation is 1. The Morgan fingerprint density at radius 2 is 2.00 bits per heavy atom. The van der Waals surface area contributed by atoms with E-state index in [2.05, 4.69) is 39.9 Å². The fourth-order valence-corrected chi connectivity index (χ4v) is 2.56. The van der Waals surface area contributed by atoms with E-state index in [1.165, 1.54) is 11.1 Å². The van der Waals surface area contributed by atoms with Crippen LogP contribution in [0.5, 0.6) is 0 Å². The summed E-state index contributed by atoms with van der Waals surface area (Å²) < 4.78 is 0. The Kier molecular flexibility index (Phi) is 4.87. The summed E-state index contributed by atoms with van der Waals surface area (Å²) >= 11 is 1.69. The van der Waals surface area contributed by atoms with E-state index in [9.17, 15) is 0 Å². The summed E-state index contributed by atoms with van der Waals surface area (Å²) in [6.07, 6.45) is 0.938. The fourth-order valence-electron chi connectivity index (χ4n) is 1.94. The Morgan fingerprint density at radius 1 is 1.22 bits per heavy atom. The molecule has 0 fully saturated rings. The van der Waals surface area contributed by atoms with Gasteiger partial charge in [0.2, 0.25) is 0 Å². The van der Waals surface area contributed by atoms with Gasteiger partial charge >= 0.3 is 0 Å². The van der Waals surface area contributed by atoms with Crippen molar-refractivity contribution in [3.63, 3.8) is 0 Å². The van der Waals surface area contributed by atoms with Gasteiger partial charge in [0.1, 0.15) is 0 Å². The predicted octanol–water partition coefficient (Wildman–Crippen LogP) is 2.24. The number of nitrogens with one attached hydrogen (secondary N) is 1. The quantitative estimate of drug-likeness (QED) is 0.838. The van der Waals surface area contributed by atoms with Gasteiger partial charge in [0, 0.05) is 18.5 Å². The van der Waals surface area contributed by atoms with Crippen molar-refractivity contribution in [2.75, 3.05) is 6.54 Å². The average Bonchev–Trinajstić information content (AvgIpc) is 2.78. The van der Waals surface area contributed by atoms with Crippen molar-refractivity contribution in [2.45, 2.75) is 26.4 Å². The third-order valence-electron chi connectivity index (χ3n) is 2.82. The normalized spacial score (nSPS) is 10.8. The molecule has 1 heterocycles. The summed E-state index contributed by atoms with van der Waals surface area (Å²) in [6.45, 7) is 4.42. The molecule has 0 bridgehead atoms. The van der Waals surface area contributed by atoms with Crippen LogP contribution in [0.3, 0.4) is 0 Å². The second kappa shape index (κ2) is 6.64. The molecule has 0 saturated carbocycles. The van der Waals surface area contributed by atoms with E-state index in [1.807, 2.05) is 6.92 Å². The van der Waals surface area contributed by atoms with Crippen molar-refractivity contribution in [3.8, 4) is 0 Å². The van der Waals surface area contributed by atoms with Crippen molar-refractivity contribution in [3.05, 3.63) is 51.5 Å². The maximum absolute atomic E-state index is 5.62. The maximum Gasteiger partial charge on any atom is 0.0897 e. The molecule has 0 atom stereocenters. The van der Waals surface area contributed by atoms with Crippen LogP contribution in [-0.2, 0) is 19.5 Å². The van der Waals surface area contributed by atoms with Gasteiger partial charge in [-0.3, -0.25) is 0 Å². The van der Waals surface area contributed by atoms with E-state index in [1.54, 1.807) is 11.3 Å². The molecule has 1 aromatic carbocycles. The molecule has 0 amide bonds. The van der Waals surface area contributed by atoms with Crippen molar-refractivity contribution in [2.24, 2.45) is 5.73 Å². The SMILES string of the molecule is Cc1nc(CNCc2ccccc2CCN)cs1. The van der Waals surface area contributed by atoms with Gasteiger partial charge in [0.25, 0.3) is 0 Å². The van der Waals surface area contributed by atoms with Gasteiger partial charge in [-0.1, -0.05) is 24.3 Å². The van der Waals surface area contributed by atoms with Gasteiger partial charge in [-0.25, -0.2) is 4.98 Å². The molecule has 0 unspecified atom stereocenters. The Balaban J connectivity index is 1.89. The minimum absolute atomic E-state index is 0.697. The minimum atomic E-state index is 0.697. The van der Waals surface area contributed by atoms with E-state index in [0.717, 1.165) is 30.2 Å². The van der Waals surface area contributed by atoms with E-state index in [4.69, 9.17) is 5.73 Å². The highest BCUT2D eigenvalue weighted by Gasteiger charge is 2.02. The summed E-state index contributed by atoms with van der Waals surface area (Å²) in [7, 11) is 0. The monoisotopic (exact) mass is 261 g/mol. The Labute approximate surface area is 112 Å². The number of aromatic nitrogens is 1. The standard InChI is InChI=1S/C14H19N3S/c1-11-17-14(10-18-11)9-16-8-13-5-3-2-4-12(13)6-7-15/h2-5,10,16H,6-9,15H2,1H3. The number of nitrogens with two attached hydrogens (primary N) is 1. The molecule has 0 aliphatic rings. The van der Waals surface area contributed by atoms with Crippen LogP contribution in [0.25, 0.3) is 0 Å². The molecule has 0 saturated heterocycles. The van der Waals surface area contributed by atoms with Gasteiger partial charge in [-0.2, -0.15) is 0 Å². The van der Waals surface area contributed by atoms with Gasteiger partial charge in [-0.15, -0.1) is 11.3 Å². The topological polar surface area (TPSA) is 50.9 Å². The summed E-state index contributed by atoms with van der Waals surface area (Å²) in [5.41, 5.74) is 9.41. The Morgan fingerprint density at radius 3 is 2.67 bits per heavy atom. The van der Waals surface area contributed by atoms with Crippen LogP contribution in [0, 0.1) is 6.92 Å². The lowest BCUT2D eigenvalue weighted by atomic mass is 10.0. The molecule has 2 rings (SSSR count). The molecular weight excluding hydrogens is 242 g/mol. The molecule has 4 heteroatoms. The molecule has 0 radical (unpaired) electrons. The second-order valence-corrected chi connectivity index (χ2v) is 5.33. The lowest BCUT2D eigenvalue weighted by Gasteiger charge is -2.09. The van der Waals surface area contributed by atoms with Crippen LogP contribution in [0.4, 0.5) is 0 Å². The van der Waals surface area contributed by atoms with Crippen molar-refractivity contribution in [1.29, 1.82) is 0 Å². The zero-order valence-corrected chi connectivity index (χ0v) is 11.5. The van der Waals surface area contributed by atoms with Crippen LogP contribution >= 0.6 is 11.3 Å². The molecule has 0 spiro atoms. The number of hydrogen-bond donors (Lipinski definition) is 2. The van der Waals surface area contributed by atoms with E-state index in [-0.39, 0.29) is 0 Å². The zero-order chi connectivity index (χ0) is 12.8. The minimum Gasteiger partial charge on any atom is -0.330 e. The van der Waals surface area contributed by atoms with Gasteiger partial charge in [0.05, 0.1) is 10.7 Å². The van der Waals surface area contributed by atoms with Crippen molar-refractivity contribution < 1.29 is 0 Å². The molecule has 2 aromatic rings. The summed E-state index contributed by atoms with van der Waals surface area (Å²) in [4.78, 5) is 4.44. The third-order valence-corrected chi connectivity index (χ3v) is 3.64. The molecule has 0 aliphatic carbocycles. The Hall–Kier alpha value is -1.23. The Bertz CT molecular complexity index is 493. The number of thiazole rings is 1. The molecular formula is C14H19N3S. The van der Waals surface area contributed by atoms with Crippen LogP contribution < -0.4 is 11.1 Å². The largest absolute Gasteiger partial charge is 0.330 e. The van der Waals surface area contributed by atoms with Crippen LogP contribution in [0.2, 0.25) is 0 Å². The first-order chi connectivity index (χ1) is 8.79. The third kappa shape index (κ3) is 3.63. The number of benzene rings is 1. The second-order valence-electron chi connectivity index (χ2n) is 4.27. The number of nitrogens with zero attached hydrogens (tertiary/aromatic N) is 1. The molecule has 18 heavy (non-hydrogen) atoms. The summed E-state index contributed by atoms with van der Waals surface area (Å²) in [6, 6.07) is 8.45. The highest BCUT2D eigenvalue weighted by molar-refractivity contribution is 7.09. The lowest BCUT2D eigenvalue weighted by molar-refractivity contribution is 0.676. The highest BCUT2D eigenvalue weighted by Crippen LogP contribution is 2.10. The average molecular weight is 261 g/mol. The van der Waals surface area contributed by atoms with E-state index in [0.29, 0.717) is 6.54 Å². The smallest absolute Gasteiger partial charge is 0.0897 e. The first-order valence-corrected chi connectivity index (χ1v) is 7.06. The highest BCUT2D eigenvalue weighted by atomic mass is 32.1. The number of rotatable bonds is 6. The molecule has 96 valence electrons. The molecule has 3 N–H and O–H groups in total. The van der Waals surface area contributed by atoms with E-state index < -0.39 is 0 Å². The predicted molar refractivity (Wildman–Crippen MR) is 76.6 cm³/mol. The zero-order valence-electron chi connectivity index (χ0n) is 10.6. The van der Waals surface area contributed by atoms with Gasteiger partial charge in [0.15, 0.2) is 0 Å². The first-order valence-electron chi connectivity index (χ1n) is 6.18. The maximum atomic E-state index is 5.62. The van der Waals surface area contributed by atoms with E-state index >= 15 is 0 Å². The van der Waals surface area contributed by atoms with Crippen LogP contribution in [0.15, 0.2) is 29.6 Å². The van der Waals surface area contributed by atoms with Gasteiger partial charge in [-0.05, 0) is 31.0 Å². The summed E-state index contributed by atoms with van der Waals surface area (Å²) in [5, 5.41) is 6.66. The lowest BCUT2D eigenvalue weighted by Crippen LogP contribution is -2.15. The molecule has 1 aromatic heterocycles. The first kappa shape index (κ1) is 13.2. The fraction of sp³-hybridized carbons (Fsp3) is 0.357. The number of hydrogen-bond acceptors (Lipinski definition) is 4. The molecule has 0 aliphatic heterocycles. The van der Waals surface area contributed by atoms with Crippen LogP contribution in [0.1, 0.15) is 21.8 Å². The summed E-state index contributed by atoms with van der Waals surface area (Å²) in [5.74, 6) is 0. The van der Waals surface area contributed by atoms with Crippen molar-refractivity contribution in [1.82, 2.24) is 10.3 Å². The molecule has 3 nitrogen and oxygen atoms in total.